The highest BCUT2D eigenvalue weighted by atomic mass is 35.5. The van der Waals surface area contributed by atoms with Gasteiger partial charge in [-0.1, -0.05) is 24.3 Å². The van der Waals surface area contributed by atoms with Crippen LogP contribution in [0.1, 0.15) is 12.8 Å². The Labute approximate surface area is 157 Å². The largest absolute Gasteiger partial charge is 0.353 e. The average molecular weight is 372 g/mol. The van der Waals surface area contributed by atoms with Gasteiger partial charge in [-0.25, -0.2) is 0 Å². The summed E-state index contributed by atoms with van der Waals surface area (Å²) >= 11 is 0. The molecule has 2 aromatic carbocycles. The number of carbonyl (C=O) groups is 1. The van der Waals surface area contributed by atoms with Gasteiger partial charge in [0.2, 0.25) is 5.91 Å². The van der Waals surface area contributed by atoms with E-state index in [2.05, 4.69) is 5.32 Å². The van der Waals surface area contributed by atoms with Crippen molar-refractivity contribution in [2.24, 2.45) is 11.7 Å². The molecule has 1 aromatic heterocycles. The first-order chi connectivity index (χ1) is 12.1. The van der Waals surface area contributed by atoms with Crippen LogP contribution in [0.3, 0.4) is 0 Å². The second-order valence-corrected chi connectivity index (χ2v) is 6.75. The van der Waals surface area contributed by atoms with Crippen molar-refractivity contribution in [2.45, 2.75) is 25.4 Å². The van der Waals surface area contributed by atoms with Gasteiger partial charge in [0, 0.05) is 23.4 Å². The van der Waals surface area contributed by atoms with E-state index < -0.39 is 0 Å². The lowest BCUT2D eigenvalue weighted by molar-refractivity contribution is -0.121. The second-order valence-electron chi connectivity index (χ2n) is 6.75. The zero-order chi connectivity index (χ0) is 17.4. The maximum absolute atomic E-state index is 12.7. The Hall–Kier alpha value is -2.37. The van der Waals surface area contributed by atoms with Crippen molar-refractivity contribution < 1.29 is 4.79 Å². The predicted molar refractivity (Wildman–Crippen MR) is 107 cm³/mol. The van der Waals surface area contributed by atoms with Crippen LogP contribution < -0.4 is 16.5 Å². The lowest BCUT2D eigenvalue weighted by atomic mass is 10.1. The molecule has 1 aliphatic rings. The number of hydrogen-bond donors (Lipinski definition) is 2. The SMILES string of the molecule is Cl.NC(CNC(=O)Cn1c2ccccc2c(=O)c2ccccc21)C1CC1. The van der Waals surface area contributed by atoms with E-state index in [0.29, 0.717) is 23.2 Å². The van der Waals surface area contributed by atoms with Gasteiger partial charge in [0.15, 0.2) is 5.43 Å². The Balaban J connectivity index is 0.00000196. The van der Waals surface area contributed by atoms with E-state index in [0.717, 1.165) is 23.9 Å². The van der Waals surface area contributed by atoms with Crippen LogP contribution in [0.2, 0.25) is 0 Å². The van der Waals surface area contributed by atoms with Gasteiger partial charge in [-0.15, -0.1) is 12.4 Å². The summed E-state index contributed by atoms with van der Waals surface area (Å²) in [4.78, 5) is 25.2. The van der Waals surface area contributed by atoms with Gasteiger partial charge in [-0.3, -0.25) is 9.59 Å². The average Bonchev–Trinajstić information content (AvgIpc) is 3.48. The minimum absolute atomic E-state index is 0. The fourth-order valence-corrected chi connectivity index (χ4v) is 3.37. The molecular weight excluding hydrogens is 350 g/mol. The van der Waals surface area contributed by atoms with Crippen LogP contribution in [-0.2, 0) is 11.3 Å². The number of hydrogen-bond acceptors (Lipinski definition) is 3. The molecule has 1 saturated carbocycles. The number of carbonyl (C=O) groups excluding carboxylic acids is 1. The third-order valence-electron chi connectivity index (χ3n) is 4.94. The third-order valence-corrected chi connectivity index (χ3v) is 4.94. The van der Waals surface area contributed by atoms with Gasteiger partial charge in [-0.2, -0.15) is 0 Å². The van der Waals surface area contributed by atoms with Crippen LogP contribution >= 0.6 is 12.4 Å². The van der Waals surface area contributed by atoms with E-state index in [4.69, 9.17) is 5.73 Å². The summed E-state index contributed by atoms with van der Waals surface area (Å²) in [7, 11) is 0. The van der Waals surface area contributed by atoms with Gasteiger partial charge in [0.05, 0.1) is 11.0 Å². The van der Waals surface area contributed by atoms with Crippen molar-refractivity contribution >= 4 is 40.1 Å². The summed E-state index contributed by atoms with van der Waals surface area (Å²) in [6, 6.07) is 14.9. The molecule has 1 heterocycles. The number of fused-ring (bicyclic) bond motifs is 2. The number of rotatable bonds is 5. The highest BCUT2D eigenvalue weighted by Crippen LogP contribution is 2.31. The molecule has 1 atom stereocenters. The van der Waals surface area contributed by atoms with E-state index in [1.165, 1.54) is 0 Å². The minimum atomic E-state index is -0.0879. The molecule has 3 N–H and O–H groups in total. The molecule has 0 saturated heterocycles. The van der Waals surface area contributed by atoms with E-state index >= 15 is 0 Å². The van der Waals surface area contributed by atoms with Crippen LogP contribution in [0.15, 0.2) is 53.3 Å². The smallest absolute Gasteiger partial charge is 0.240 e. The monoisotopic (exact) mass is 371 g/mol. The number of nitrogens with two attached hydrogens (primary N) is 1. The van der Waals surface area contributed by atoms with Crippen LogP contribution in [0, 0.1) is 5.92 Å². The summed E-state index contributed by atoms with van der Waals surface area (Å²) in [5.74, 6) is 0.462. The first-order valence-corrected chi connectivity index (χ1v) is 8.67. The van der Waals surface area contributed by atoms with E-state index in [9.17, 15) is 9.59 Å². The molecule has 1 unspecified atom stereocenters. The summed E-state index contributed by atoms with van der Waals surface area (Å²) in [6.45, 7) is 0.665. The molecule has 1 amide bonds. The first kappa shape index (κ1) is 18.4. The molecule has 1 fully saturated rings. The van der Waals surface area contributed by atoms with E-state index in [1.54, 1.807) is 0 Å². The lowest BCUT2D eigenvalue weighted by Crippen LogP contribution is -2.40. The Morgan fingerprint density at radius 3 is 2.15 bits per heavy atom. The number of nitrogens with zero attached hydrogens (tertiary/aromatic N) is 1. The molecule has 0 radical (unpaired) electrons. The van der Waals surface area contributed by atoms with Crippen LogP contribution in [0.4, 0.5) is 0 Å². The fourth-order valence-electron chi connectivity index (χ4n) is 3.37. The molecule has 3 aromatic rings. The fraction of sp³-hybridized carbons (Fsp3) is 0.300. The predicted octanol–water partition coefficient (Wildman–Crippen LogP) is 2.43. The van der Waals surface area contributed by atoms with Gasteiger partial charge >= 0.3 is 0 Å². The summed E-state index contributed by atoms with van der Waals surface area (Å²) in [6.07, 6.45) is 2.32. The van der Waals surface area contributed by atoms with Crippen molar-refractivity contribution in [3.05, 3.63) is 58.8 Å². The Bertz CT molecular complexity index is 951. The standard InChI is InChI=1S/C20H21N3O2.ClH/c21-16(13-9-10-13)11-22-19(24)12-23-17-7-3-1-5-14(17)20(25)15-6-2-4-8-18(15)23;/h1-8,13,16H,9-12,21H2,(H,22,24);1H. The molecule has 0 bridgehead atoms. The Kier molecular flexibility index (Phi) is 5.30. The molecule has 0 aliphatic heterocycles. The zero-order valence-electron chi connectivity index (χ0n) is 14.4. The van der Waals surface area contributed by atoms with E-state index in [-0.39, 0.29) is 36.3 Å². The van der Waals surface area contributed by atoms with Gasteiger partial charge < -0.3 is 15.6 Å². The Morgan fingerprint density at radius 1 is 1.08 bits per heavy atom. The zero-order valence-corrected chi connectivity index (χ0v) is 15.2. The van der Waals surface area contributed by atoms with Crippen molar-refractivity contribution in [3.8, 4) is 0 Å². The minimum Gasteiger partial charge on any atom is -0.353 e. The molecule has 0 spiro atoms. The van der Waals surface area contributed by atoms with Crippen molar-refractivity contribution in [2.75, 3.05) is 6.54 Å². The number of nitrogens with one attached hydrogen (secondary N) is 1. The summed E-state index contributed by atoms with van der Waals surface area (Å²) in [5.41, 5.74) is 7.60. The molecule has 4 rings (SSSR count). The lowest BCUT2D eigenvalue weighted by Gasteiger charge is -2.16. The van der Waals surface area contributed by atoms with Gasteiger partial charge in [0.1, 0.15) is 6.54 Å². The highest BCUT2D eigenvalue weighted by Gasteiger charge is 2.28. The molecule has 5 nitrogen and oxygen atoms in total. The number of para-hydroxylation sites is 2. The highest BCUT2D eigenvalue weighted by molar-refractivity contribution is 5.94. The Morgan fingerprint density at radius 2 is 1.62 bits per heavy atom. The summed E-state index contributed by atoms with van der Waals surface area (Å²) < 4.78 is 1.91. The number of aromatic nitrogens is 1. The normalized spacial score (nSPS) is 14.8. The topological polar surface area (TPSA) is 77.1 Å². The van der Waals surface area contributed by atoms with Gasteiger partial charge in [0.25, 0.3) is 0 Å². The van der Waals surface area contributed by atoms with Crippen LogP contribution in [0.25, 0.3) is 21.8 Å². The number of amides is 1. The van der Waals surface area contributed by atoms with Crippen molar-refractivity contribution in [3.63, 3.8) is 0 Å². The number of halogens is 1. The van der Waals surface area contributed by atoms with Crippen LogP contribution in [0.5, 0.6) is 0 Å². The second kappa shape index (κ2) is 7.48. The van der Waals surface area contributed by atoms with Gasteiger partial charge in [-0.05, 0) is 43.0 Å². The molecule has 26 heavy (non-hydrogen) atoms. The number of benzene rings is 2. The maximum atomic E-state index is 12.7. The number of pyridine rings is 1. The molecule has 1 aliphatic carbocycles. The van der Waals surface area contributed by atoms with Crippen LogP contribution in [-0.4, -0.2) is 23.1 Å². The maximum Gasteiger partial charge on any atom is 0.240 e. The quantitative estimate of drug-likeness (QED) is 0.676. The van der Waals surface area contributed by atoms with E-state index in [1.807, 2.05) is 53.1 Å². The van der Waals surface area contributed by atoms with Crippen molar-refractivity contribution in [1.29, 1.82) is 0 Å². The summed E-state index contributed by atoms with van der Waals surface area (Å²) in [5, 5.41) is 4.19. The third kappa shape index (κ3) is 3.45. The molecule has 6 heteroatoms. The van der Waals surface area contributed by atoms with Crippen molar-refractivity contribution in [1.82, 2.24) is 9.88 Å². The first-order valence-electron chi connectivity index (χ1n) is 8.67. The molecular formula is C20H22ClN3O2. The molecule has 136 valence electrons.